The van der Waals surface area contributed by atoms with Crippen molar-refractivity contribution in [3.63, 3.8) is 0 Å². The van der Waals surface area contributed by atoms with E-state index in [0.717, 1.165) is 5.56 Å². The van der Waals surface area contributed by atoms with Crippen LogP contribution in [-0.2, 0) is 18.9 Å². The zero-order valence-electron chi connectivity index (χ0n) is 19.9. The Morgan fingerprint density at radius 3 is 1.81 bits per heavy atom. The number of rotatable bonds is 8. The van der Waals surface area contributed by atoms with Gasteiger partial charge in [-0.2, -0.15) is 0 Å². The third kappa shape index (κ3) is 8.93. The second-order valence-corrected chi connectivity index (χ2v) is 10.7. The molecule has 0 spiro atoms. The number of ether oxygens (including phenoxy) is 1. The van der Waals surface area contributed by atoms with Crippen LogP contribution in [0.4, 0.5) is 0 Å². The van der Waals surface area contributed by atoms with Crippen LogP contribution in [0.5, 0.6) is 0 Å². The van der Waals surface area contributed by atoms with E-state index < -0.39 is 37.9 Å². The molecule has 200 valence electrons. The Bertz CT molecular complexity index is 956. The van der Waals surface area contributed by atoms with Crippen molar-refractivity contribution in [3.05, 3.63) is 35.4 Å². The van der Waals surface area contributed by atoms with Crippen LogP contribution in [0, 0.1) is 0 Å². The van der Waals surface area contributed by atoms with Gasteiger partial charge >= 0.3 is 25.5 Å². The van der Waals surface area contributed by atoms with Gasteiger partial charge in [0, 0.05) is 64.5 Å². The number of carbonyl (C=O) groups excluding carboxylic acids is 1. The predicted molar refractivity (Wildman–Crippen MR) is 128 cm³/mol. The van der Waals surface area contributed by atoms with E-state index in [9.17, 15) is 38.9 Å². The summed E-state index contributed by atoms with van der Waals surface area (Å²) >= 11 is 0. The SMILES string of the molecule is O=C(O)CN1CCN(CC2OC(=O)c3ccccc32)CCN(CC(=O)O)CCN(CP(=O)(O)O)CC1. The molecule has 3 rings (SSSR count). The summed E-state index contributed by atoms with van der Waals surface area (Å²) in [6, 6.07) is 7.14. The monoisotopic (exact) mass is 528 g/mol. The lowest BCUT2D eigenvalue weighted by molar-refractivity contribution is -0.139. The number of aliphatic carboxylic acids is 2. The molecule has 1 atom stereocenters. The second kappa shape index (κ2) is 12.7. The largest absolute Gasteiger partial charge is 0.480 e. The number of cyclic esters (lactones) is 1. The number of hydrogen-bond acceptors (Lipinski definition) is 9. The van der Waals surface area contributed by atoms with Gasteiger partial charge in [-0.3, -0.25) is 33.8 Å². The van der Waals surface area contributed by atoms with Crippen molar-refractivity contribution in [3.8, 4) is 0 Å². The topological polar surface area (TPSA) is 171 Å². The van der Waals surface area contributed by atoms with Crippen LogP contribution in [0.25, 0.3) is 0 Å². The first kappa shape index (κ1) is 28.2. The van der Waals surface area contributed by atoms with E-state index in [1.54, 1.807) is 26.8 Å². The molecule has 1 saturated heterocycles. The highest BCUT2D eigenvalue weighted by atomic mass is 31.2. The Balaban J connectivity index is 1.76. The fraction of sp³-hybridized carbons (Fsp3) is 0.591. The van der Waals surface area contributed by atoms with Gasteiger partial charge in [-0.25, -0.2) is 4.79 Å². The normalized spacial score (nSPS) is 21.8. The maximum Gasteiger partial charge on any atom is 0.339 e. The fourth-order valence-electron chi connectivity index (χ4n) is 4.45. The van der Waals surface area contributed by atoms with Gasteiger partial charge < -0.3 is 24.7 Å². The summed E-state index contributed by atoms with van der Waals surface area (Å²) in [5, 5.41) is 18.7. The van der Waals surface area contributed by atoms with Crippen molar-refractivity contribution in [1.29, 1.82) is 0 Å². The molecule has 13 nitrogen and oxygen atoms in total. The summed E-state index contributed by atoms with van der Waals surface area (Å²) in [5.74, 6) is -2.42. The Kier molecular flexibility index (Phi) is 9.97. The summed E-state index contributed by atoms with van der Waals surface area (Å²) < 4.78 is 17.2. The average molecular weight is 528 g/mol. The minimum Gasteiger partial charge on any atom is -0.480 e. The average Bonchev–Trinajstić information content (AvgIpc) is 3.09. The van der Waals surface area contributed by atoms with E-state index in [4.69, 9.17) is 4.74 Å². The van der Waals surface area contributed by atoms with Crippen molar-refractivity contribution in [1.82, 2.24) is 19.6 Å². The van der Waals surface area contributed by atoms with Crippen LogP contribution in [-0.4, -0.2) is 136 Å². The van der Waals surface area contributed by atoms with Crippen LogP contribution in [0.1, 0.15) is 22.0 Å². The van der Waals surface area contributed by atoms with Crippen molar-refractivity contribution in [2.75, 3.05) is 78.3 Å². The van der Waals surface area contributed by atoms with Gasteiger partial charge in [-0.1, -0.05) is 18.2 Å². The number of benzene rings is 1. The van der Waals surface area contributed by atoms with Gasteiger partial charge in [-0.05, 0) is 6.07 Å². The molecule has 0 radical (unpaired) electrons. The zero-order valence-corrected chi connectivity index (χ0v) is 20.8. The highest BCUT2D eigenvalue weighted by molar-refractivity contribution is 7.51. The molecule has 14 heteroatoms. The third-order valence-electron chi connectivity index (χ3n) is 6.23. The van der Waals surface area contributed by atoms with Crippen molar-refractivity contribution in [2.24, 2.45) is 0 Å². The molecular weight excluding hydrogens is 495 g/mol. The second-order valence-electron chi connectivity index (χ2n) is 9.05. The number of fused-ring (bicyclic) bond motifs is 1. The van der Waals surface area contributed by atoms with Crippen LogP contribution >= 0.6 is 7.60 Å². The molecule has 0 saturated carbocycles. The summed E-state index contributed by atoms with van der Waals surface area (Å²) in [7, 11) is -4.36. The summed E-state index contributed by atoms with van der Waals surface area (Å²) in [6.07, 6.45) is -0.978. The molecule has 1 aromatic carbocycles. The van der Waals surface area contributed by atoms with Gasteiger partial charge in [0.25, 0.3) is 0 Å². The van der Waals surface area contributed by atoms with Gasteiger partial charge in [0.15, 0.2) is 0 Å². The van der Waals surface area contributed by atoms with Crippen molar-refractivity contribution >= 4 is 25.5 Å². The van der Waals surface area contributed by atoms with E-state index in [2.05, 4.69) is 0 Å². The number of esters is 1. The Morgan fingerprint density at radius 2 is 1.31 bits per heavy atom. The lowest BCUT2D eigenvalue weighted by Crippen LogP contribution is -2.48. The molecule has 1 aromatic rings. The molecule has 2 aliphatic heterocycles. The molecule has 1 unspecified atom stereocenters. The summed E-state index contributed by atoms with van der Waals surface area (Å²) in [5.41, 5.74) is 1.30. The number of carbonyl (C=O) groups is 3. The molecule has 0 aliphatic carbocycles. The van der Waals surface area contributed by atoms with Crippen LogP contribution in [0.3, 0.4) is 0 Å². The van der Waals surface area contributed by atoms with E-state index in [1.165, 1.54) is 0 Å². The fourth-order valence-corrected chi connectivity index (χ4v) is 5.26. The smallest absolute Gasteiger partial charge is 0.339 e. The number of nitrogens with zero attached hydrogens (tertiary/aromatic N) is 4. The molecule has 1 fully saturated rings. The first-order chi connectivity index (χ1) is 17.0. The number of carboxylic acid groups (broad SMARTS) is 2. The molecule has 0 amide bonds. The summed E-state index contributed by atoms with van der Waals surface area (Å²) in [4.78, 5) is 61.0. The molecule has 0 bridgehead atoms. The molecule has 36 heavy (non-hydrogen) atoms. The number of carboxylic acids is 2. The zero-order chi connectivity index (χ0) is 26.3. The van der Waals surface area contributed by atoms with Crippen molar-refractivity contribution in [2.45, 2.75) is 6.10 Å². The van der Waals surface area contributed by atoms with Gasteiger partial charge in [-0.15, -0.1) is 0 Å². The molecule has 0 aromatic heterocycles. The minimum absolute atomic E-state index is 0.215. The van der Waals surface area contributed by atoms with Crippen LogP contribution < -0.4 is 0 Å². The van der Waals surface area contributed by atoms with E-state index in [1.807, 2.05) is 17.0 Å². The lowest BCUT2D eigenvalue weighted by atomic mass is 10.0. The van der Waals surface area contributed by atoms with Crippen LogP contribution in [0.2, 0.25) is 0 Å². The van der Waals surface area contributed by atoms with Gasteiger partial charge in [0.2, 0.25) is 0 Å². The third-order valence-corrected chi connectivity index (χ3v) is 7.00. The van der Waals surface area contributed by atoms with E-state index in [0.29, 0.717) is 38.3 Å². The van der Waals surface area contributed by atoms with Gasteiger partial charge in [0.05, 0.1) is 18.7 Å². The maximum absolute atomic E-state index is 12.3. The Labute approximate surface area is 209 Å². The Morgan fingerprint density at radius 1 is 0.833 bits per heavy atom. The van der Waals surface area contributed by atoms with Crippen molar-refractivity contribution < 1.29 is 43.7 Å². The van der Waals surface area contributed by atoms with Gasteiger partial charge in [0.1, 0.15) is 12.4 Å². The number of hydrogen-bond donors (Lipinski definition) is 4. The van der Waals surface area contributed by atoms with Crippen LogP contribution in [0.15, 0.2) is 24.3 Å². The van der Waals surface area contributed by atoms with E-state index in [-0.39, 0.29) is 39.3 Å². The first-order valence-corrected chi connectivity index (χ1v) is 13.5. The predicted octanol–water partition coefficient (Wildman–Crippen LogP) is -0.576. The van der Waals surface area contributed by atoms with E-state index >= 15 is 0 Å². The highest BCUT2D eigenvalue weighted by Gasteiger charge is 2.32. The maximum atomic E-state index is 12.3. The summed E-state index contributed by atoms with van der Waals surface area (Å²) in [6.45, 7) is 2.45. The highest BCUT2D eigenvalue weighted by Crippen LogP contribution is 2.35. The molecule has 2 aliphatic rings. The molecular formula is C22H33N4O9P. The lowest BCUT2D eigenvalue weighted by Gasteiger charge is -2.34. The molecule has 4 N–H and O–H groups in total. The standard InChI is InChI=1S/C22H33N4O9P/c27-20(28)14-24-7-5-23(13-19-17-3-1-2-4-18(17)22(31)35-19)6-8-25(15-21(29)30)10-12-26(11-9-24)16-36(32,33)34/h1-4,19H,5-16H2,(H,27,28)(H,29,30)(H2,32,33,34). The first-order valence-electron chi connectivity index (χ1n) is 11.7. The quantitative estimate of drug-likeness (QED) is 0.250. The Hall–Kier alpha value is -2.38. The minimum atomic E-state index is -4.36. The molecule has 2 heterocycles.